The van der Waals surface area contributed by atoms with Crippen molar-refractivity contribution in [2.24, 2.45) is 5.16 Å². The molecule has 2 aliphatic heterocycles. The number of hydrogen-bond acceptors (Lipinski definition) is 14. The fraction of sp³-hybridized carbons (Fsp3) is 0.444. The SMILES string of the molecule is CNCCCn1c(N)nc2c1ccc[n+]2CC1=C(C(=O)O)N2C(=O)[C@@H](NC(=O)/C(=N\OC3(C(=O)O)CCC3)c3nsc(N)n3)[C@H]2SC1. The number of imidazole rings is 1. The number of nitrogen functional groups attached to an aromatic ring is 2. The molecule has 3 aliphatic rings. The summed E-state index contributed by atoms with van der Waals surface area (Å²) in [6.45, 7) is 1.59. The summed E-state index contributed by atoms with van der Waals surface area (Å²) >= 11 is 2.08. The third kappa shape index (κ3) is 5.82. The topological polar surface area (TPSA) is 257 Å². The maximum absolute atomic E-state index is 13.4. The van der Waals surface area contributed by atoms with Crippen molar-refractivity contribution in [1.29, 1.82) is 0 Å². The first-order valence-corrected chi connectivity index (χ1v) is 16.5. The van der Waals surface area contributed by atoms with E-state index in [9.17, 15) is 29.4 Å². The van der Waals surface area contributed by atoms with Gasteiger partial charge in [0.05, 0.1) is 6.20 Å². The zero-order valence-corrected chi connectivity index (χ0v) is 26.7. The highest BCUT2D eigenvalue weighted by Gasteiger charge is 2.55. The number of nitrogens with two attached hydrogens (primary N) is 2. The zero-order valence-electron chi connectivity index (χ0n) is 25.1. The van der Waals surface area contributed by atoms with E-state index in [0.717, 1.165) is 34.9 Å². The number of carbonyl (C=O) groups is 4. The number of carbonyl (C=O) groups excluding carboxylic acids is 2. The molecule has 248 valence electrons. The van der Waals surface area contributed by atoms with Gasteiger partial charge in [-0.05, 0) is 43.6 Å². The zero-order chi connectivity index (χ0) is 33.5. The van der Waals surface area contributed by atoms with Gasteiger partial charge in [0.1, 0.15) is 29.2 Å². The second kappa shape index (κ2) is 12.8. The van der Waals surface area contributed by atoms with Crippen LogP contribution >= 0.6 is 23.3 Å². The van der Waals surface area contributed by atoms with Gasteiger partial charge in [-0.1, -0.05) is 5.16 Å². The van der Waals surface area contributed by atoms with E-state index in [4.69, 9.17) is 16.3 Å². The second-order valence-electron chi connectivity index (χ2n) is 11.2. The van der Waals surface area contributed by atoms with Crippen molar-refractivity contribution in [2.75, 3.05) is 30.8 Å². The largest absolute Gasteiger partial charge is 0.478 e. The van der Waals surface area contributed by atoms with Gasteiger partial charge in [0.15, 0.2) is 5.13 Å². The molecule has 47 heavy (non-hydrogen) atoms. The van der Waals surface area contributed by atoms with Crippen molar-refractivity contribution in [1.82, 2.24) is 34.4 Å². The lowest BCUT2D eigenvalue weighted by Crippen LogP contribution is -2.71. The number of aliphatic carboxylic acids is 2. The van der Waals surface area contributed by atoms with Crippen LogP contribution in [0.1, 0.15) is 31.5 Å². The molecule has 2 amide bonds. The van der Waals surface area contributed by atoms with Crippen molar-refractivity contribution in [2.45, 2.75) is 55.8 Å². The Balaban J connectivity index is 1.22. The summed E-state index contributed by atoms with van der Waals surface area (Å²) in [5.74, 6) is -3.66. The highest BCUT2D eigenvalue weighted by Crippen LogP contribution is 2.41. The van der Waals surface area contributed by atoms with Gasteiger partial charge >= 0.3 is 23.5 Å². The van der Waals surface area contributed by atoms with E-state index in [-0.39, 0.29) is 41.8 Å². The first-order chi connectivity index (χ1) is 22.5. The number of hydrogen-bond donors (Lipinski definition) is 6. The minimum atomic E-state index is -1.58. The number of pyridine rings is 1. The Morgan fingerprint density at radius 1 is 1.26 bits per heavy atom. The molecule has 1 aliphatic carbocycles. The van der Waals surface area contributed by atoms with E-state index in [1.807, 2.05) is 23.7 Å². The van der Waals surface area contributed by atoms with E-state index in [0.29, 0.717) is 30.1 Å². The monoisotopic (exact) mass is 686 g/mol. The number of oxime groups is 1. The van der Waals surface area contributed by atoms with E-state index < -0.39 is 46.5 Å². The number of nitrogens with one attached hydrogen (secondary N) is 2. The molecule has 5 heterocycles. The quantitative estimate of drug-likeness (QED) is 0.0420. The van der Waals surface area contributed by atoms with Crippen LogP contribution in [-0.4, -0.2) is 99.8 Å². The third-order valence-corrected chi connectivity index (χ3v) is 10.1. The van der Waals surface area contributed by atoms with Crippen molar-refractivity contribution < 1.29 is 38.8 Å². The second-order valence-corrected chi connectivity index (χ2v) is 13.1. The van der Waals surface area contributed by atoms with Gasteiger partial charge in [0, 0.05) is 42.2 Å². The van der Waals surface area contributed by atoms with Crippen LogP contribution in [0.4, 0.5) is 11.1 Å². The number of nitrogens with zero attached hydrogens (tertiary/aromatic N) is 7. The molecule has 20 heteroatoms. The molecule has 3 aromatic heterocycles. The first-order valence-electron chi connectivity index (χ1n) is 14.6. The fourth-order valence-electron chi connectivity index (χ4n) is 5.64. The lowest BCUT2D eigenvalue weighted by atomic mass is 9.80. The lowest BCUT2D eigenvalue weighted by Gasteiger charge is -2.49. The van der Waals surface area contributed by atoms with Crippen molar-refractivity contribution in [3.8, 4) is 0 Å². The highest BCUT2D eigenvalue weighted by molar-refractivity contribution is 8.00. The Hall–Kier alpha value is -4.82. The van der Waals surface area contributed by atoms with Gasteiger partial charge in [-0.15, -0.1) is 11.8 Å². The molecule has 0 spiro atoms. The minimum absolute atomic E-state index is 0.0337. The van der Waals surface area contributed by atoms with Gasteiger partial charge in [0.25, 0.3) is 11.8 Å². The molecular weight excluding hydrogens is 655 g/mol. The maximum atomic E-state index is 13.4. The number of fused-ring (bicyclic) bond motifs is 2. The Morgan fingerprint density at radius 2 is 2.04 bits per heavy atom. The predicted molar refractivity (Wildman–Crippen MR) is 169 cm³/mol. The smallest absolute Gasteiger partial charge is 0.352 e. The Kier molecular flexibility index (Phi) is 8.72. The van der Waals surface area contributed by atoms with Crippen LogP contribution in [0.25, 0.3) is 11.2 Å². The summed E-state index contributed by atoms with van der Waals surface area (Å²) in [6.07, 6.45) is 3.62. The molecule has 3 aromatic rings. The molecule has 2 atom stereocenters. The number of aromatic nitrogens is 5. The van der Waals surface area contributed by atoms with Crippen LogP contribution < -0.4 is 26.7 Å². The molecule has 2 fully saturated rings. The molecule has 0 unspecified atom stereocenters. The normalized spacial score (nSPS) is 20.4. The summed E-state index contributed by atoms with van der Waals surface area (Å²) in [6, 6.07) is 2.62. The molecule has 18 nitrogen and oxygen atoms in total. The predicted octanol–water partition coefficient (Wildman–Crippen LogP) is -0.884. The first kappa shape index (κ1) is 32.1. The van der Waals surface area contributed by atoms with Gasteiger partial charge in [-0.3, -0.25) is 19.1 Å². The summed E-state index contributed by atoms with van der Waals surface area (Å²) < 4.78 is 7.69. The number of aryl methyl sites for hydroxylation is 1. The molecule has 1 saturated carbocycles. The standard InChI is InChI=1S/C27H31N11O7S2/c1-30-8-4-10-37-14-5-2-9-36(19(14)33-25(37)28)11-13-12-46-22-16(21(40)38(22)17(13)23(41)42)31-20(39)15(18-32-26(29)47-35-18)34-45-27(24(43)44)6-3-7-27/h2,5,9,16,22,28,30H,3-4,6-8,10-12H2,1H3,(H5,29,31,32,35,39,41,42,43,44)/p+1/b34-15-/t16-,22-/m1/s1. The van der Waals surface area contributed by atoms with E-state index in [1.54, 1.807) is 10.8 Å². The van der Waals surface area contributed by atoms with Crippen molar-refractivity contribution in [3.05, 3.63) is 35.4 Å². The molecule has 0 radical (unpaired) electrons. The highest BCUT2D eigenvalue weighted by atomic mass is 32.2. The number of β-lactam (4-membered cyclic amide) rings is 1. The van der Waals surface area contributed by atoms with Crippen LogP contribution in [-0.2, 0) is 37.1 Å². The average molecular weight is 687 g/mol. The summed E-state index contributed by atoms with van der Waals surface area (Å²) in [5.41, 5.74) is 11.6. The van der Waals surface area contributed by atoms with Crippen molar-refractivity contribution >= 4 is 75.0 Å². The Bertz CT molecular complexity index is 1830. The fourth-order valence-corrected chi connectivity index (χ4v) is 7.41. The number of carboxylic acids is 2. The van der Waals surface area contributed by atoms with Crippen LogP contribution in [0.3, 0.4) is 0 Å². The molecule has 6 rings (SSSR count). The van der Waals surface area contributed by atoms with Crippen LogP contribution in [0.15, 0.2) is 34.8 Å². The summed E-state index contributed by atoms with van der Waals surface area (Å²) in [5, 5.41) is 28.6. The molecule has 1 saturated heterocycles. The molecule has 0 bridgehead atoms. The van der Waals surface area contributed by atoms with Gasteiger partial charge in [-0.2, -0.15) is 9.36 Å². The van der Waals surface area contributed by atoms with Crippen LogP contribution in [0, 0.1) is 0 Å². The van der Waals surface area contributed by atoms with Crippen LogP contribution in [0.2, 0.25) is 0 Å². The maximum Gasteiger partial charge on any atom is 0.352 e. The van der Waals surface area contributed by atoms with E-state index >= 15 is 0 Å². The average Bonchev–Trinajstić information content (AvgIpc) is 3.59. The molecule has 8 N–H and O–H groups in total. The minimum Gasteiger partial charge on any atom is -0.478 e. The number of carboxylic acid groups (broad SMARTS) is 2. The Labute approximate surface area is 275 Å². The number of anilines is 2. The number of amides is 2. The number of rotatable bonds is 13. The number of thioether (sulfide) groups is 1. The van der Waals surface area contributed by atoms with Gasteiger partial charge in [0.2, 0.25) is 17.1 Å². The van der Waals surface area contributed by atoms with Gasteiger partial charge < -0.3 is 37.2 Å². The summed E-state index contributed by atoms with van der Waals surface area (Å²) in [7, 11) is 1.87. The van der Waals surface area contributed by atoms with Crippen LogP contribution in [0.5, 0.6) is 0 Å². The van der Waals surface area contributed by atoms with E-state index in [1.165, 1.54) is 11.8 Å². The molecule has 0 aromatic carbocycles. The third-order valence-electron chi connectivity index (χ3n) is 8.25. The van der Waals surface area contributed by atoms with Gasteiger partial charge in [-0.25, -0.2) is 14.2 Å². The van der Waals surface area contributed by atoms with Crippen molar-refractivity contribution in [3.63, 3.8) is 0 Å². The molecular formula is C27H32N11O7S2+. The lowest BCUT2D eigenvalue weighted by molar-refractivity contribution is -0.664. The summed E-state index contributed by atoms with van der Waals surface area (Å²) in [4.78, 5) is 66.1. The van der Waals surface area contributed by atoms with E-state index in [2.05, 4.69) is 30.1 Å². The Morgan fingerprint density at radius 3 is 2.68 bits per heavy atom.